The second kappa shape index (κ2) is 12.1. The first-order valence-corrected chi connectivity index (χ1v) is 9.74. The Bertz CT molecular complexity index is 845. The van der Waals surface area contributed by atoms with Crippen molar-refractivity contribution in [1.29, 1.82) is 0 Å². The molecule has 0 radical (unpaired) electrons. The van der Waals surface area contributed by atoms with Crippen LogP contribution in [0.1, 0.15) is 33.6 Å². The number of alkyl carbamates (subject to hydrolysis) is 1. The number of aliphatic imine (C=N–C) groups is 1. The topological polar surface area (TPSA) is 204 Å². The van der Waals surface area contributed by atoms with E-state index < -0.39 is 41.0 Å². The van der Waals surface area contributed by atoms with Gasteiger partial charge in [-0.3, -0.25) is 24.7 Å². The van der Waals surface area contributed by atoms with E-state index in [9.17, 15) is 24.5 Å². The fraction of sp³-hybridized carbons (Fsp3) is 0.474. The minimum absolute atomic E-state index is 0.0949. The van der Waals surface area contributed by atoms with Crippen molar-refractivity contribution in [1.82, 2.24) is 10.6 Å². The van der Waals surface area contributed by atoms with Crippen LogP contribution in [0, 0.1) is 10.1 Å². The third-order valence-electron chi connectivity index (χ3n) is 3.73. The van der Waals surface area contributed by atoms with Crippen molar-refractivity contribution < 1.29 is 24.0 Å². The molecular formula is C19H29N7O6. The molecule has 176 valence electrons. The summed E-state index contributed by atoms with van der Waals surface area (Å²) in [5.74, 6) is -1.25. The molecule has 1 aromatic carbocycles. The predicted molar refractivity (Wildman–Crippen MR) is 118 cm³/mol. The average molecular weight is 451 g/mol. The molecule has 0 aliphatic heterocycles. The van der Waals surface area contributed by atoms with Gasteiger partial charge in [-0.05, 0) is 45.7 Å². The Kier molecular flexibility index (Phi) is 9.86. The van der Waals surface area contributed by atoms with Crippen LogP contribution in [-0.2, 0) is 14.3 Å². The van der Waals surface area contributed by atoms with Crippen LogP contribution in [0.3, 0.4) is 0 Å². The summed E-state index contributed by atoms with van der Waals surface area (Å²) in [6.07, 6.45) is -0.184. The molecule has 1 rings (SSSR count). The van der Waals surface area contributed by atoms with Crippen LogP contribution in [-0.4, -0.2) is 53.5 Å². The number of benzene rings is 1. The normalized spacial score (nSPS) is 11.6. The van der Waals surface area contributed by atoms with Gasteiger partial charge in [0.15, 0.2) is 5.96 Å². The fourth-order valence-electron chi connectivity index (χ4n) is 2.38. The number of ether oxygens (including phenoxy) is 1. The molecule has 7 N–H and O–H groups in total. The Morgan fingerprint density at radius 3 is 2.34 bits per heavy atom. The summed E-state index contributed by atoms with van der Waals surface area (Å²) < 4.78 is 5.05. The van der Waals surface area contributed by atoms with E-state index >= 15 is 0 Å². The van der Waals surface area contributed by atoms with E-state index in [1.54, 1.807) is 20.8 Å². The van der Waals surface area contributed by atoms with Gasteiger partial charge < -0.3 is 32.2 Å². The van der Waals surface area contributed by atoms with Crippen LogP contribution >= 0.6 is 0 Å². The van der Waals surface area contributed by atoms with Gasteiger partial charge in [-0.25, -0.2) is 4.79 Å². The van der Waals surface area contributed by atoms with Crippen LogP contribution in [0.2, 0.25) is 0 Å². The molecule has 0 spiro atoms. The molecule has 1 aromatic rings. The first-order chi connectivity index (χ1) is 14.9. The maximum Gasteiger partial charge on any atom is 0.408 e. The summed E-state index contributed by atoms with van der Waals surface area (Å²) in [5.41, 5.74) is 10.0. The summed E-state index contributed by atoms with van der Waals surface area (Å²) in [4.78, 5) is 50.6. The third kappa shape index (κ3) is 10.8. The molecule has 0 fully saturated rings. The zero-order chi connectivity index (χ0) is 24.3. The molecule has 0 aliphatic carbocycles. The lowest BCUT2D eigenvalue weighted by Gasteiger charge is -2.21. The van der Waals surface area contributed by atoms with Crippen molar-refractivity contribution in [2.45, 2.75) is 45.3 Å². The highest BCUT2D eigenvalue weighted by Gasteiger charge is 2.22. The molecule has 0 heterocycles. The summed E-state index contributed by atoms with van der Waals surface area (Å²) in [6, 6.07) is 4.27. The Balaban J connectivity index is 2.74. The van der Waals surface area contributed by atoms with Gasteiger partial charge >= 0.3 is 6.09 Å². The van der Waals surface area contributed by atoms with E-state index in [-0.39, 0.29) is 24.6 Å². The molecule has 0 unspecified atom stereocenters. The number of nitrogens with one attached hydrogen (secondary N) is 3. The van der Waals surface area contributed by atoms with Crippen LogP contribution in [0.4, 0.5) is 16.2 Å². The lowest BCUT2D eigenvalue weighted by Crippen LogP contribution is -2.48. The minimum atomic E-state index is -0.965. The van der Waals surface area contributed by atoms with Crippen LogP contribution in [0.5, 0.6) is 0 Å². The summed E-state index contributed by atoms with van der Waals surface area (Å²) >= 11 is 0. The Labute approximate surface area is 185 Å². The Hall–Kier alpha value is -3.90. The second-order valence-electron chi connectivity index (χ2n) is 7.72. The van der Waals surface area contributed by atoms with Crippen molar-refractivity contribution in [2.75, 3.05) is 18.4 Å². The molecular weight excluding hydrogens is 422 g/mol. The number of nitro groups is 1. The number of amides is 3. The number of carbonyl (C=O) groups excluding carboxylic acids is 3. The predicted octanol–water partition coefficient (Wildman–Crippen LogP) is 0.596. The monoisotopic (exact) mass is 451 g/mol. The van der Waals surface area contributed by atoms with Gasteiger partial charge in [0.25, 0.3) is 5.69 Å². The van der Waals surface area contributed by atoms with Crippen molar-refractivity contribution in [2.24, 2.45) is 16.5 Å². The van der Waals surface area contributed by atoms with Gasteiger partial charge in [-0.15, -0.1) is 0 Å². The van der Waals surface area contributed by atoms with E-state index in [2.05, 4.69) is 20.9 Å². The molecule has 1 atom stereocenters. The highest BCUT2D eigenvalue weighted by atomic mass is 16.6. The third-order valence-corrected chi connectivity index (χ3v) is 3.73. The zero-order valence-electron chi connectivity index (χ0n) is 18.2. The van der Waals surface area contributed by atoms with Gasteiger partial charge in [-0.1, -0.05) is 0 Å². The zero-order valence-corrected chi connectivity index (χ0v) is 18.2. The molecule has 13 heteroatoms. The quantitative estimate of drug-likeness (QED) is 0.112. The van der Waals surface area contributed by atoms with Gasteiger partial charge in [0, 0.05) is 24.4 Å². The number of hydrogen-bond donors (Lipinski definition) is 5. The average Bonchev–Trinajstić information content (AvgIpc) is 2.67. The summed E-state index contributed by atoms with van der Waals surface area (Å²) in [6.45, 7) is 4.89. The molecule has 0 bridgehead atoms. The Morgan fingerprint density at radius 1 is 1.19 bits per heavy atom. The number of non-ortho nitro benzene ring substituents is 1. The molecule has 0 aliphatic rings. The van der Waals surface area contributed by atoms with Crippen LogP contribution in [0.15, 0.2) is 29.3 Å². The smallest absolute Gasteiger partial charge is 0.408 e. The molecule has 0 saturated heterocycles. The first-order valence-electron chi connectivity index (χ1n) is 9.74. The van der Waals surface area contributed by atoms with Gasteiger partial charge in [0.1, 0.15) is 18.2 Å². The van der Waals surface area contributed by atoms with E-state index in [1.165, 1.54) is 24.3 Å². The molecule has 13 nitrogen and oxygen atoms in total. The number of hydrogen-bond acceptors (Lipinski definition) is 7. The van der Waals surface area contributed by atoms with E-state index in [4.69, 9.17) is 16.2 Å². The van der Waals surface area contributed by atoms with Gasteiger partial charge in [0.05, 0.1) is 4.92 Å². The SMILES string of the molecule is CC(C)(C)OC(=O)NCC(=O)N[C@@H](CCCN=C(N)N)C(=O)Nc1ccc([N+](=O)[O-])cc1. The van der Waals surface area contributed by atoms with Crippen LogP contribution in [0.25, 0.3) is 0 Å². The van der Waals surface area contributed by atoms with Crippen LogP contribution < -0.4 is 27.4 Å². The molecule has 0 saturated carbocycles. The van der Waals surface area contributed by atoms with Crippen molar-refractivity contribution in [3.8, 4) is 0 Å². The largest absolute Gasteiger partial charge is 0.444 e. The van der Waals surface area contributed by atoms with Crippen molar-refractivity contribution in [3.05, 3.63) is 34.4 Å². The maximum absolute atomic E-state index is 12.7. The number of rotatable bonds is 10. The minimum Gasteiger partial charge on any atom is -0.444 e. The van der Waals surface area contributed by atoms with Crippen molar-refractivity contribution >= 4 is 35.2 Å². The van der Waals surface area contributed by atoms with E-state index in [0.29, 0.717) is 12.1 Å². The van der Waals surface area contributed by atoms with Gasteiger partial charge in [0.2, 0.25) is 11.8 Å². The Morgan fingerprint density at radius 2 is 1.81 bits per heavy atom. The summed E-state index contributed by atoms with van der Waals surface area (Å²) in [5, 5.41) is 18.2. The highest BCUT2D eigenvalue weighted by Crippen LogP contribution is 2.16. The maximum atomic E-state index is 12.7. The second-order valence-corrected chi connectivity index (χ2v) is 7.72. The molecule has 32 heavy (non-hydrogen) atoms. The highest BCUT2D eigenvalue weighted by molar-refractivity contribution is 5.97. The number of anilines is 1. The number of nitrogens with two attached hydrogens (primary N) is 2. The number of nitro benzene ring substituents is 1. The summed E-state index contributed by atoms with van der Waals surface area (Å²) in [7, 11) is 0. The van der Waals surface area contributed by atoms with Crippen molar-refractivity contribution in [3.63, 3.8) is 0 Å². The fourth-order valence-corrected chi connectivity index (χ4v) is 2.38. The standard InChI is InChI=1S/C19H29N7O6/c1-19(2,3)32-18(29)23-11-15(27)25-14(5-4-10-22-17(20)21)16(28)24-12-6-8-13(9-7-12)26(30)31/h6-9,14H,4-5,10-11H2,1-3H3,(H,23,29)(H,24,28)(H,25,27)(H4,20,21,22)/t14-/m0/s1. The lowest BCUT2D eigenvalue weighted by atomic mass is 10.1. The van der Waals surface area contributed by atoms with E-state index in [1.807, 2.05) is 0 Å². The van der Waals surface area contributed by atoms with E-state index in [0.717, 1.165) is 0 Å². The number of nitrogens with zero attached hydrogens (tertiary/aromatic N) is 2. The molecule has 0 aromatic heterocycles. The number of carbonyl (C=O) groups is 3. The molecule has 3 amide bonds. The lowest BCUT2D eigenvalue weighted by molar-refractivity contribution is -0.384. The van der Waals surface area contributed by atoms with Gasteiger partial charge in [-0.2, -0.15) is 0 Å². The number of guanidine groups is 1. The first kappa shape index (κ1) is 26.1.